The summed E-state index contributed by atoms with van der Waals surface area (Å²) >= 11 is 0. The fraction of sp³-hybridized carbons (Fsp3) is 0.833. The molecule has 0 N–H and O–H groups in total. The van der Waals surface area contributed by atoms with Crippen molar-refractivity contribution in [2.45, 2.75) is 44.2 Å². The zero-order valence-corrected chi connectivity index (χ0v) is 10.3. The number of esters is 1. The summed E-state index contributed by atoms with van der Waals surface area (Å²) in [6, 6.07) is 0.199. The van der Waals surface area contributed by atoms with Crippen LogP contribution in [0.15, 0.2) is 0 Å². The van der Waals surface area contributed by atoms with Crippen molar-refractivity contribution < 1.29 is 19.1 Å². The molecule has 96 valence electrons. The maximum absolute atomic E-state index is 11.8. The van der Waals surface area contributed by atoms with Gasteiger partial charge in [0.25, 0.3) is 0 Å². The Kier molecular flexibility index (Phi) is 3.54. The topological polar surface area (TPSA) is 55.8 Å². The standard InChI is InChI=1S/C12H19NO4/c1-16-11(14)9-5-3-4-8-6-7-10(9)13(8)12(15)17-2/h8-10H,3-7H2,1-2H3/t8-,9+,10-/m0/s1. The summed E-state index contributed by atoms with van der Waals surface area (Å²) in [5.74, 6) is -0.391. The summed E-state index contributed by atoms with van der Waals surface area (Å²) in [4.78, 5) is 25.3. The van der Waals surface area contributed by atoms with Crippen LogP contribution in [-0.2, 0) is 14.3 Å². The summed E-state index contributed by atoms with van der Waals surface area (Å²) in [5.41, 5.74) is 0. The van der Waals surface area contributed by atoms with E-state index in [9.17, 15) is 9.59 Å². The number of carbonyl (C=O) groups excluding carboxylic acids is 2. The van der Waals surface area contributed by atoms with Gasteiger partial charge in [0.05, 0.1) is 20.1 Å². The molecule has 3 atom stereocenters. The highest BCUT2D eigenvalue weighted by atomic mass is 16.5. The molecule has 0 unspecified atom stereocenters. The lowest BCUT2D eigenvalue weighted by Gasteiger charge is -2.29. The highest BCUT2D eigenvalue weighted by Crippen LogP contribution is 2.38. The molecule has 5 heteroatoms. The van der Waals surface area contributed by atoms with Crippen LogP contribution >= 0.6 is 0 Å². The van der Waals surface area contributed by atoms with Gasteiger partial charge in [0.2, 0.25) is 0 Å². The fourth-order valence-electron chi connectivity index (χ4n) is 3.17. The fourth-order valence-corrected chi connectivity index (χ4v) is 3.17. The first-order valence-electron chi connectivity index (χ1n) is 6.13. The lowest BCUT2D eigenvalue weighted by atomic mass is 9.90. The van der Waals surface area contributed by atoms with Gasteiger partial charge < -0.3 is 14.4 Å². The molecule has 5 nitrogen and oxygen atoms in total. The first kappa shape index (κ1) is 12.2. The van der Waals surface area contributed by atoms with Crippen molar-refractivity contribution in [2.75, 3.05) is 14.2 Å². The van der Waals surface area contributed by atoms with E-state index in [0.717, 1.165) is 32.1 Å². The van der Waals surface area contributed by atoms with Crippen LogP contribution in [0.25, 0.3) is 0 Å². The predicted molar refractivity (Wildman–Crippen MR) is 60.4 cm³/mol. The summed E-state index contributed by atoms with van der Waals surface area (Å²) in [6.45, 7) is 0. The maximum atomic E-state index is 11.8. The van der Waals surface area contributed by atoms with Crippen molar-refractivity contribution in [1.29, 1.82) is 0 Å². The first-order chi connectivity index (χ1) is 8.19. The Hall–Kier alpha value is -1.26. The monoisotopic (exact) mass is 241 g/mol. The minimum atomic E-state index is -0.312. The number of carbonyl (C=O) groups is 2. The SMILES string of the molecule is COC(=O)[C@@H]1CCC[C@H]2CC[C@@H]1N2C(=O)OC. The Morgan fingerprint density at radius 3 is 2.47 bits per heavy atom. The van der Waals surface area contributed by atoms with Crippen LogP contribution in [0.3, 0.4) is 0 Å². The van der Waals surface area contributed by atoms with Gasteiger partial charge in [-0.3, -0.25) is 4.79 Å². The Balaban J connectivity index is 2.21. The molecular weight excluding hydrogens is 222 g/mol. The number of amides is 1. The van der Waals surface area contributed by atoms with E-state index in [0.29, 0.717) is 0 Å². The zero-order chi connectivity index (χ0) is 12.4. The summed E-state index contributed by atoms with van der Waals surface area (Å²) < 4.78 is 9.66. The van der Waals surface area contributed by atoms with Crippen LogP contribution in [0.4, 0.5) is 4.79 Å². The van der Waals surface area contributed by atoms with Gasteiger partial charge in [-0.25, -0.2) is 4.79 Å². The number of nitrogens with zero attached hydrogens (tertiary/aromatic N) is 1. The molecule has 0 radical (unpaired) electrons. The van der Waals surface area contributed by atoms with Crippen LogP contribution in [0.5, 0.6) is 0 Å². The second-order valence-corrected chi connectivity index (χ2v) is 4.74. The molecular formula is C12H19NO4. The quantitative estimate of drug-likeness (QED) is 0.654. The Morgan fingerprint density at radius 1 is 1.06 bits per heavy atom. The minimum absolute atomic E-state index is 0.0394. The number of hydrogen-bond donors (Lipinski definition) is 0. The Bertz CT molecular complexity index is 318. The van der Waals surface area contributed by atoms with Crippen LogP contribution in [0.1, 0.15) is 32.1 Å². The largest absolute Gasteiger partial charge is 0.469 e. The van der Waals surface area contributed by atoms with E-state index < -0.39 is 0 Å². The van der Waals surface area contributed by atoms with Crippen molar-refractivity contribution in [3.8, 4) is 0 Å². The third-order valence-electron chi connectivity index (χ3n) is 3.95. The summed E-state index contributed by atoms with van der Waals surface area (Å²) in [6.07, 6.45) is 4.26. The average molecular weight is 241 g/mol. The predicted octanol–water partition coefficient (Wildman–Crippen LogP) is 1.56. The Morgan fingerprint density at radius 2 is 1.82 bits per heavy atom. The minimum Gasteiger partial charge on any atom is -0.469 e. The van der Waals surface area contributed by atoms with Crippen molar-refractivity contribution in [2.24, 2.45) is 5.92 Å². The molecule has 2 aliphatic rings. The van der Waals surface area contributed by atoms with E-state index in [4.69, 9.17) is 9.47 Å². The third-order valence-corrected chi connectivity index (χ3v) is 3.95. The average Bonchev–Trinajstić information content (AvgIpc) is 2.64. The molecule has 0 aromatic heterocycles. The number of hydrogen-bond acceptors (Lipinski definition) is 4. The molecule has 2 fully saturated rings. The zero-order valence-electron chi connectivity index (χ0n) is 10.3. The number of fused-ring (bicyclic) bond motifs is 2. The van der Waals surface area contributed by atoms with E-state index in [1.807, 2.05) is 0 Å². The first-order valence-corrected chi connectivity index (χ1v) is 6.13. The van der Waals surface area contributed by atoms with Gasteiger partial charge in [-0.2, -0.15) is 0 Å². The highest BCUT2D eigenvalue weighted by Gasteiger charge is 2.46. The van der Waals surface area contributed by atoms with E-state index in [2.05, 4.69) is 0 Å². The number of ether oxygens (including phenoxy) is 2. The van der Waals surface area contributed by atoms with E-state index in [1.165, 1.54) is 14.2 Å². The molecule has 1 amide bonds. The van der Waals surface area contributed by atoms with Gasteiger partial charge in [-0.1, -0.05) is 6.42 Å². The number of rotatable bonds is 1. The maximum Gasteiger partial charge on any atom is 0.410 e. The van der Waals surface area contributed by atoms with Crippen LogP contribution in [0.2, 0.25) is 0 Å². The van der Waals surface area contributed by atoms with Crippen LogP contribution in [-0.4, -0.2) is 43.3 Å². The molecule has 2 heterocycles. The van der Waals surface area contributed by atoms with Crippen molar-refractivity contribution in [3.63, 3.8) is 0 Å². The van der Waals surface area contributed by atoms with E-state index >= 15 is 0 Å². The number of methoxy groups -OCH3 is 2. The molecule has 0 spiro atoms. The van der Waals surface area contributed by atoms with Gasteiger partial charge in [-0.15, -0.1) is 0 Å². The van der Waals surface area contributed by atoms with Crippen molar-refractivity contribution in [1.82, 2.24) is 4.90 Å². The summed E-state index contributed by atoms with van der Waals surface area (Å²) in [5, 5.41) is 0. The normalized spacial score (nSPS) is 31.9. The molecule has 2 bridgehead atoms. The van der Waals surface area contributed by atoms with Crippen molar-refractivity contribution in [3.05, 3.63) is 0 Å². The van der Waals surface area contributed by atoms with E-state index in [-0.39, 0.29) is 30.1 Å². The van der Waals surface area contributed by atoms with Gasteiger partial charge in [0.1, 0.15) is 0 Å². The van der Waals surface area contributed by atoms with Crippen molar-refractivity contribution >= 4 is 12.1 Å². The molecule has 17 heavy (non-hydrogen) atoms. The lowest BCUT2D eigenvalue weighted by molar-refractivity contribution is -0.147. The van der Waals surface area contributed by atoms with Gasteiger partial charge in [0, 0.05) is 12.1 Å². The molecule has 0 aliphatic carbocycles. The van der Waals surface area contributed by atoms with Gasteiger partial charge in [-0.05, 0) is 25.7 Å². The second kappa shape index (κ2) is 4.94. The van der Waals surface area contributed by atoms with Crippen LogP contribution in [0, 0.1) is 5.92 Å². The molecule has 0 aromatic rings. The molecule has 0 aromatic carbocycles. The van der Waals surface area contributed by atoms with Crippen LogP contribution < -0.4 is 0 Å². The van der Waals surface area contributed by atoms with Gasteiger partial charge in [0.15, 0.2) is 0 Å². The molecule has 2 rings (SSSR count). The third kappa shape index (κ3) is 2.10. The van der Waals surface area contributed by atoms with Gasteiger partial charge >= 0.3 is 12.1 Å². The van der Waals surface area contributed by atoms with E-state index in [1.54, 1.807) is 4.90 Å². The summed E-state index contributed by atoms with van der Waals surface area (Å²) in [7, 11) is 2.79. The highest BCUT2D eigenvalue weighted by molar-refractivity contribution is 5.75. The Labute approximate surface area is 101 Å². The molecule has 2 aliphatic heterocycles. The smallest absolute Gasteiger partial charge is 0.410 e. The lowest BCUT2D eigenvalue weighted by Crippen LogP contribution is -2.45. The molecule has 2 saturated heterocycles. The second-order valence-electron chi connectivity index (χ2n) is 4.74. The molecule has 0 saturated carbocycles.